The molecule has 0 aromatic heterocycles. The Balaban J connectivity index is 1.87. The number of nitrogens with zero attached hydrogens (tertiary/aromatic N) is 1. The number of hydrogen-bond donors (Lipinski definition) is 1. The number of halogens is 2. The van der Waals surface area contributed by atoms with Gasteiger partial charge in [0.05, 0.1) is 0 Å². The third-order valence-corrected chi connectivity index (χ3v) is 3.33. The lowest BCUT2D eigenvalue weighted by Crippen LogP contribution is -2.07. The Morgan fingerprint density at radius 3 is 2.52 bits per heavy atom. The van der Waals surface area contributed by atoms with Gasteiger partial charge in [-0.15, -0.1) is 0 Å². The van der Waals surface area contributed by atoms with Gasteiger partial charge in [0, 0.05) is 29.8 Å². The maximum atomic E-state index is 13.7. The van der Waals surface area contributed by atoms with Crippen molar-refractivity contribution < 1.29 is 23.1 Å². The van der Waals surface area contributed by atoms with E-state index in [1.165, 1.54) is 19.1 Å². The van der Waals surface area contributed by atoms with Gasteiger partial charge in [-0.2, -0.15) is 0 Å². The second-order valence-electron chi connectivity index (χ2n) is 5.26. The second-order valence-corrected chi connectivity index (χ2v) is 5.26. The van der Waals surface area contributed by atoms with Gasteiger partial charge in [0.25, 0.3) is 0 Å². The van der Waals surface area contributed by atoms with Crippen molar-refractivity contribution >= 4 is 29.5 Å². The van der Waals surface area contributed by atoms with E-state index in [9.17, 15) is 18.4 Å². The van der Waals surface area contributed by atoms with Crippen LogP contribution in [0.4, 0.5) is 14.5 Å². The summed E-state index contributed by atoms with van der Waals surface area (Å²) in [5.74, 6) is -2.39. The van der Waals surface area contributed by atoms with Gasteiger partial charge in [-0.05, 0) is 42.5 Å². The maximum Gasteiger partial charge on any atom is 0.363 e. The number of anilines is 1. The SMILES string of the molecule is CC(=O)Nc1ccc(C2=N/C(=C\c3ccc(F)cc3F)C(=O)O2)cc1. The summed E-state index contributed by atoms with van der Waals surface area (Å²) in [4.78, 5) is 26.9. The Morgan fingerprint density at radius 1 is 1.16 bits per heavy atom. The fourth-order valence-electron chi connectivity index (χ4n) is 2.20. The van der Waals surface area contributed by atoms with Crippen molar-refractivity contribution in [3.63, 3.8) is 0 Å². The van der Waals surface area contributed by atoms with E-state index in [0.29, 0.717) is 11.3 Å². The molecular weight excluding hydrogens is 330 g/mol. The van der Waals surface area contributed by atoms with Gasteiger partial charge in [0.15, 0.2) is 5.70 Å². The molecule has 3 rings (SSSR count). The number of benzene rings is 2. The third-order valence-electron chi connectivity index (χ3n) is 3.33. The fourth-order valence-corrected chi connectivity index (χ4v) is 2.20. The van der Waals surface area contributed by atoms with Gasteiger partial charge < -0.3 is 10.1 Å². The largest absolute Gasteiger partial charge is 0.402 e. The number of aliphatic imine (C=N–C) groups is 1. The highest BCUT2D eigenvalue weighted by molar-refractivity contribution is 6.13. The molecule has 0 radical (unpaired) electrons. The molecule has 0 saturated carbocycles. The van der Waals surface area contributed by atoms with Gasteiger partial charge in [0.1, 0.15) is 11.6 Å². The van der Waals surface area contributed by atoms with Crippen molar-refractivity contribution in [1.82, 2.24) is 0 Å². The van der Waals surface area contributed by atoms with Crippen molar-refractivity contribution in [1.29, 1.82) is 0 Å². The van der Waals surface area contributed by atoms with Gasteiger partial charge in [0.2, 0.25) is 11.8 Å². The Hall–Kier alpha value is -3.35. The highest BCUT2D eigenvalue weighted by Crippen LogP contribution is 2.21. The molecule has 1 amide bonds. The van der Waals surface area contributed by atoms with E-state index < -0.39 is 17.6 Å². The smallest absolute Gasteiger partial charge is 0.363 e. The molecule has 0 saturated heterocycles. The van der Waals surface area contributed by atoms with Crippen LogP contribution in [-0.2, 0) is 14.3 Å². The zero-order valence-electron chi connectivity index (χ0n) is 13.0. The number of rotatable bonds is 3. The summed E-state index contributed by atoms with van der Waals surface area (Å²) >= 11 is 0. The van der Waals surface area contributed by atoms with Crippen molar-refractivity contribution in [2.24, 2.45) is 4.99 Å². The number of hydrogen-bond acceptors (Lipinski definition) is 4. The summed E-state index contributed by atoms with van der Waals surface area (Å²) in [5.41, 5.74) is 1.04. The minimum Gasteiger partial charge on any atom is -0.402 e. The monoisotopic (exact) mass is 342 g/mol. The topological polar surface area (TPSA) is 67.8 Å². The van der Waals surface area contributed by atoms with Crippen LogP contribution in [0.25, 0.3) is 6.08 Å². The molecule has 0 atom stereocenters. The van der Waals surface area contributed by atoms with E-state index in [-0.39, 0.29) is 23.1 Å². The van der Waals surface area contributed by atoms with Crippen LogP contribution in [0.5, 0.6) is 0 Å². The summed E-state index contributed by atoms with van der Waals surface area (Å²) in [6.45, 7) is 1.39. The standard InChI is InChI=1S/C18H12F2N2O3/c1-10(23)21-14-6-3-11(4-7-14)17-22-16(18(24)25-17)8-12-2-5-13(19)9-15(12)20/h2-9H,1H3,(H,21,23)/b16-8-. The number of carbonyl (C=O) groups is 2. The number of nitrogens with one attached hydrogen (secondary N) is 1. The molecule has 0 bridgehead atoms. The Labute approximate surface area is 141 Å². The van der Waals surface area contributed by atoms with Crippen LogP contribution in [0.3, 0.4) is 0 Å². The van der Waals surface area contributed by atoms with Gasteiger partial charge in [-0.3, -0.25) is 4.79 Å². The van der Waals surface area contributed by atoms with Crippen molar-refractivity contribution in [3.8, 4) is 0 Å². The zero-order valence-corrected chi connectivity index (χ0v) is 13.0. The Kier molecular flexibility index (Phi) is 4.38. The summed E-state index contributed by atoms with van der Waals surface area (Å²) in [7, 11) is 0. The van der Waals surface area contributed by atoms with E-state index in [2.05, 4.69) is 10.3 Å². The average molecular weight is 342 g/mol. The quantitative estimate of drug-likeness (QED) is 0.688. The highest BCUT2D eigenvalue weighted by Gasteiger charge is 2.24. The van der Waals surface area contributed by atoms with E-state index >= 15 is 0 Å². The molecule has 0 unspecified atom stereocenters. The second kappa shape index (κ2) is 6.64. The summed E-state index contributed by atoms with van der Waals surface area (Å²) in [6.07, 6.45) is 1.19. The predicted octanol–water partition coefficient (Wildman–Crippen LogP) is 3.27. The molecule has 2 aromatic carbocycles. The van der Waals surface area contributed by atoms with Crippen LogP contribution in [0.2, 0.25) is 0 Å². The molecule has 1 aliphatic heterocycles. The maximum absolute atomic E-state index is 13.7. The first kappa shape index (κ1) is 16.5. The van der Waals surface area contributed by atoms with Crippen molar-refractivity contribution in [2.45, 2.75) is 6.92 Å². The first-order valence-corrected chi connectivity index (χ1v) is 7.28. The lowest BCUT2D eigenvalue weighted by molar-refractivity contribution is -0.129. The summed E-state index contributed by atoms with van der Waals surface area (Å²) in [5, 5.41) is 2.61. The molecule has 0 fully saturated rings. The molecule has 2 aromatic rings. The molecule has 0 spiro atoms. The van der Waals surface area contributed by atoms with E-state index in [1.54, 1.807) is 24.3 Å². The number of ether oxygens (including phenoxy) is 1. The van der Waals surface area contributed by atoms with Crippen molar-refractivity contribution in [2.75, 3.05) is 5.32 Å². The fraction of sp³-hybridized carbons (Fsp3) is 0.0556. The lowest BCUT2D eigenvalue weighted by atomic mass is 10.2. The zero-order chi connectivity index (χ0) is 18.0. The lowest BCUT2D eigenvalue weighted by Gasteiger charge is -2.03. The van der Waals surface area contributed by atoms with E-state index in [4.69, 9.17) is 4.74 Å². The highest BCUT2D eigenvalue weighted by atomic mass is 19.1. The first-order chi connectivity index (χ1) is 11.9. The molecule has 0 aliphatic carbocycles. The molecule has 7 heteroatoms. The first-order valence-electron chi connectivity index (χ1n) is 7.28. The van der Waals surface area contributed by atoms with Crippen LogP contribution >= 0.6 is 0 Å². The third kappa shape index (κ3) is 3.77. The molecule has 126 valence electrons. The van der Waals surface area contributed by atoms with Gasteiger partial charge in [-0.1, -0.05) is 0 Å². The number of amides is 1. The number of cyclic esters (lactones) is 1. The van der Waals surface area contributed by atoms with Crippen LogP contribution in [0, 0.1) is 11.6 Å². The molecule has 1 N–H and O–H groups in total. The number of carbonyl (C=O) groups excluding carboxylic acids is 2. The molecule has 1 aliphatic rings. The van der Waals surface area contributed by atoms with E-state index in [0.717, 1.165) is 12.1 Å². The molecular formula is C18H12F2N2O3. The minimum atomic E-state index is -0.802. The molecule has 5 nitrogen and oxygen atoms in total. The van der Waals surface area contributed by atoms with Crippen LogP contribution in [0.1, 0.15) is 18.1 Å². The normalized spacial score (nSPS) is 15.1. The minimum absolute atomic E-state index is 0.0272. The Bertz CT molecular complexity index is 918. The van der Waals surface area contributed by atoms with Crippen LogP contribution in [-0.4, -0.2) is 17.8 Å². The van der Waals surface area contributed by atoms with E-state index in [1.807, 2.05) is 0 Å². The van der Waals surface area contributed by atoms with Crippen LogP contribution < -0.4 is 5.32 Å². The summed E-state index contributed by atoms with van der Waals surface area (Å²) in [6, 6.07) is 9.53. The van der Waals surface area contributed by atoms with Gasteiger partial charge in [-0.25, -0.2) is 18.6 Å². The van der Waals surface area contributed by atoms with Gasteiger partial charge >= 0.3 is 5.97 Å². The van der Waals surface area contributed by atoms with Crippen LogP contribution in [0.15, 0.2) is 53.2 Å². The summed E-state index contributed by atoms with van der Waals surface area (Å²) < 4.78 is 31.7. The molecule has 25 heavy (non-hydrogen) atoms. The predicted molar refractivity (Wildman–Crippen MR) is 87.7 cm³/mol. The average Bonchev–Trinajstić information content (AvgIpc) is 2.91. The molecule has 1 heterocycles. The Morgan fingerprint density at radius 2 is 1.88 bits per heavy atom. The number of esters is 1. The van der Waals surface area contributed by atoms with Crippen molar-refractivity contribution in [3.05, 3.63) is 70.9 Å².